The number of anilines is 1. The molecule has 2 rings (SSSR count). The highest BCUT2D eigenvalue weighted by atomic mass is 16.6. The molecule has 1 aromatic heterocycles. The molecule has 0 aliphatic heterocycles. The summed E-state index contributed by atoms with van der Waals surface area (Å²) >= 11 is 0. The number of nitro benzene ring substituents is 1. The molecule has 1 heterocycles. The number of aromatic nitrogens is 1. The van der Waals surface area contributed by atoms with Gasteiger partial charge in [0, 0.05) is 50.2 Å². The highest BCUT2D eigenvalue weighted by Crippen LogP contribution is 2.32. The smallest absolute Gasteiger partial charge is 0.278 e. The molecule has 0 bridgehead atoms. The molecule has 0 spiro atoms. The molecule has 112 valence electrons. The lowest BCUT2D eigenvalue weighted by Gasteiger charge is -2.23. The summed E-state index contributed by atoms with van der Waals surface area (Å²) in [6.45, 7) is 0.597. The van der Waals surface area contributed by atoms with Crippen LogP contribution in [-0.2, 0) is 4.74 Å². The van der Waals surface area contributed by atoms with Gasteiger partial charge in [0.1, 0.15) is 0 Å². The van der Waals surface area contributed by atoms with Crippen LogP contribution in [0.25, 0.3) is 10.8 Å². The molecule has 1 unspecified atom stereocenters. The first kappa shape index (κ1) is 15.1. The zero-order valence-electron chi connectivity index (χ0n) is 11.9. The average Bonchev–Trinajstić information content (AvgIpc) is 2.45. The number of hydrogen-bond acceptors (Lipinski definition) is 6. The number of ether oxygens (including phenoxy) is 1. The number of non-ortho nitro benzene ring substituents is 1. The maximum absolute atomic E-state index is 11.1. The number of methoxy groups -OCH3 is 1. The van der Waals surface area contributed by atoms with E-state index in [0.717, 1.165) is 11.1 Å². The quantitative estimate of drug-likeness (QED) is 0.642. The van der Waals surface area contributed by atoms with Gasteiger partial charge in [-0.2, -0.15) is 0 Å². The molecular formula is C14H17N3O4. The molecule has 21 heavy (non-hydrogen) atoms. The fourth-order valence-electron chi connectivity index (χ4n) is 2.31. The molecule has 0 aliphatic carbocycles. The molecule has 7 heteroatoms. The highest BCUT2D eigenvalue weighted by Gasteiger charge is 2.17. The van der Waals surface area contributed by atoms with Gasteiger partial charge in [0.25, 0.3) is 5.69 Å². The number of rotatable bonds is 6. The third kappa shape index (κ3) is 3.26. The number of benzene rings is 1. The van der Waals surface area contributed by atoms with Crippen LogP contribution >= 0.6 is 0 Å². The number of aliphatic hydroxyl groups is 1. The number of likely N-dealkylation sites (N-methyl/N-ethyl adjacent to an activating group) is 1. The van der Waals surface area contributed by atoms with Crippen molar-refractivity contribution in [3.05, 3.63) is 40.7 Å². The van der Waals surface area contributed by atoms with E-state index in [0.29, 0.717) is 11.9 Å². The maximum atomic E-state index is 11.1. The van der Waals surface area contributed by atoms with Gasteiger partial charge in [-0.1, -0.05) is 0 Å². The summed E-state index contributed by atoms with van der Waals surface area (Å²) in [5, 5.41) is 22.1. The number of nitro groups is 1. The number of nitrogens with zero attached hydrogens (tertiary/aromatic N) is 3. The zero-order chi connectivity index (χ0) is 15.4. The lowest BCUT2D eigenvalue weighted by molar-refractivity contribution is -0.383. The average molecular weight is 291 g/mol. The minimum atomic E-state index is -0.632. The van der Waals surface area contributed by atoms with Crippen LogP contribution in [0.3, 0.4) is 0 Å². The molecule has 2 aromatic rings. The lowest BCUT2D eigenvalue weighted by atomic mass is 10.1. The van der Waals surface area contributed by atoms with Crippen LogP contribution in [0.2, 0.25) is 0 Å². The van der Waals surface area contributed by atoms with Crippen molar-refractivity contribution >= 4 is 22.1 Å². The molecule has 0 amide bonds. The molecule has 0 fully saturated rings. The summed E-state index contributed by atoms with van der Waals surface area (Å²) in [6, 6.07) is 4.87. The van der Waals surface area contributed by atoms with E-state index in [2.05, 4.69) is 4.98 Å². The molecule has 1 N–H and O–H groups in total. The van der Waals surface area contributed by atoms with E-state index in [1.165, 1.54) is 19.4 Å². The van der Waals surface area contributed by atoms with E-state index in [1.54, 1.807) is 18.3 Å². The summed E-state index contributed by atoms with van der Waals surface area (Å²) in [4.78, 5) is 16.4. The van der Waals surface area contributed by atoms with Crippen LogP contribution in [0.1, 0.15) is 0 Å². The number of pyridine rings is 1. The third-order valence-electron chi connectivity index (χ3n) is 3.22. The van der Waals surface area contributed by atoms with E-state index in [9.17, 15) is 15.2 Å². The van der Waals surface area contributed by atoms with Crippen molar-refractivity contribution in [2.45, 2.75) is 6.10 Å². The van der Waals surface area contributed by atoms with E-state index in [1.807, 2.05) is 11.9 Å². The zero-order valence-corrected chi connectivity index (χ0v) is 11.9. The second kappa shape index (κ2) is 6.47. The van der Waals surface area contributed by atoms with E-state index in [4.69, 9.17) is 4.74 Å². The fourth-order valence-corrected chi connectivity index (χ4v) is 2.31. The SMILES string of the molecule is COCC(O)CN(C)c1ccc([N+](=O)[O-])c2cnccc12. The fraction of sp³-hybridized carbons (Fsp3) is 0.357. The Bertz CT molecular complexity index is 647. The van der Waals surface area contributed by atoms with Crippen LogP contribution in [0.15, 0.2) is 30.6 Å². The Kier molecular flexibility index (Phi) is 4.66. The topological polar surface area (TPSA) is 88.7 Å². The lowest BCUT2D eigenvalue weighted by Crippen LogP contribution is -2.31. The van der Waals surface area contributed by atoms with Crippen LogP contribution in [0.4, 0.5) is 11.4 Å². The number of fused-ring (bicyclic) bond motifs is 1. The summed E-state index contributed by atoms with van der Waals surface area (Å²) in [5.41, 5.74) is 0.820. The summed E-state index contributed by atoms with van der Waals surface area (Å²) in [7, 11) is 3.34. The molecule has 0 aliphatic rings. The van der Waals surface area contributed by atoms with E-state index in [-0.39, 0.29) is 12.3 Å². The van der Waals surface area contributed by atoms with Gasteiger partial charge in [0.2, 0.25) is 0 Å². The Balaban J connectivity index is 2.41. The van der Waals surface area contributed by atoms with Crippen LogP contribution in [-0.4, -0.2) is 48.4 Å². The van der Waals surface area contributed by atoms with Crippen LogP contribution < -0.4 is 4.90 Å². The predicted molar refractivity (Wildman–Crippen MR) is 79.6 cm³/mol. The number of aliphatic hydroxyl groups excluding tert-OH is 1. The van der Waals surface area contributed by atoms with Crippen molar-refractivity contribution in [1.29, 1.82) is 0 Å². The van der Waals surface area contributed by atoms with Gasteiger partial charge in [0.05, 0.1) is 23.0 Å². The van der Waals surface area contributed by atoms with Crippen molar-refractivity contribution < 1.29 is 14.8 Å². The standard InChI is InChI=1S/C14H17N3O4/c1-16(8-10(18)9-21-2)13-3-4-14(17(19)20)12-7-15-6-5-11(12)13/h3-7,10,18H,8-9H2,1-2H3. The van der Waals surface area contributed by atoms with Crippen LogP contribution in [0.5, 0.6) is 0 Å². The highest BCUT2D eigenvalue weighted by molar-refractivity contribution is 5.99. The Hall–Kier alpha value is -2.25. The van der Waals surface area contributed by atoms with Gasteiger partial charge < -0.3 is 14.7 Å². The van der Waals surface area contributed by atoms with Gasteiger partial charge in [-0.15, -0.1) is 0 Å². The van der Waals surface area contributed by atoms with Crippen molar-refractivity contribution in [2.75, 3.05) is 32.2 Å². The largest absolute Gasteiger partial charge is 0.389 e. The summed E-state index contributed by atoms with van der Waals surface area (Å²) in [5.74, 6) is 0. The second-order valence-corrected chi connectivity index (χ2v) is 4.77. The second-order valence-electron chi connectivity index (χ2n) is 4.77. The Labute approximate surface area is 121 Å². The molecule has 1 atom stereocenters. The molecule has 0 saturated heterocycles. The molecule has 0 saturated carbocycles. The minimum absolute atomic E-state index is 0.0210. The number of hydrogen-bond donors (Lipinski definition) is 1. The van der Waals surface area contributed by atoms with E-state index >= 15 is 0 Å². The van der Waals surface area contributed by atoms with E-state index < -0.39 is 11.0 Å². The van der Waals surface area contributed by atoms with Crippen molar-refractivity contribution in [1.82, 2.24) is 4.98 Å². The Morgan fingerprint density at radius 1 is 1.43 bits per heavy atom. The first-order chi connectivity index (χ1) is 10.0. The van der Waals surface area contributed by atoms with Gasteiger partial charge in [0.15, 0.2) is 0 Å². The summed E-state index contributed by atoms with van der Waals surface area (Å²) < 4.78 is 4.90. The van der Waals surface area contributed by atoms with Crippen molar-refractivity contribution in [2.24, 2.45) is 0 Å². The Morgan fingerprint density at radius 3 is 2.86 bits per heavy atom. The molecule has 1 aromatic carbocycles. The first-order valence-corrected chi connectivity index (χ1v) is 6.44. The maximum Gasteiger partial charge on any atom is 0.278 e. The third-order valence-corrected chi connectivity index (χ3v) is 3.22. The monoisotopic (exact) mass is 291 g/mol. The van der Waals surface area contributed by atoms with Gasteiger partial charge in [-0.3, -0.25) is 15.1 Å². The van der Waals surface area contributed by atoms with Gasteiger partial charge in [-0.05, 0) is 12.1 Å². The van der Waals surface area contributed by atoms with Crippen molar-refractivity contribution in [3.8, 4) is 0 Å². The molecule has 7 nitrogen and oxygen atoms in total. The minimum Gasteiger partial charge on any atom is -0.389 e. The van der Waals surface area contributed by atoms with Crippen molar-refractivity contribution in [3.63, 3.8) is 0 Å². The van der Waals surface area contributed by atoms with Gasteiger partial charge >= 0.3 is 0 Å². The van der Waals surface area contributed by atoms with Gasteiger partial charge in [-0.25, -0.2) is 0 Å². The first-order valence-electron chi connectivity index (χ1n) is 6.44. The summed E-state index contributed by atoms with van der Waals surface area (Å²) in [6.07, 6.45) is 2.44. The Morgan fingerprint density at radius 2 is 2.19 bits per heavy atom. The van der Waals surface area contributed by atoms with Crippen LogP contribution in [0, 0.1) is 10.1 Å². The predicted octanol–water partition coefficient (Wildman–Crippen LogP) is 1.59. The molecule has 0 radical (unpaired) electrons. The normalized spacial score (nSPS) is 12.3. The molecular weight excluding hydrogens is 274 g/mol.